The Morgan fingerprint density at radius 1 is 1.17 bits per heavy atom. The molecule has 9 heteroatoms. The Balaban J connectivity index is 2.00. The monoisotopic (exact) mass is 417 g/mol. The lowest BCUT2D eigenvalue weighted by Gasteiger charge is -2.26. The average molecular weight is 417 g/mol. The number of aromatic nitrogens is 1. The molecule has 6 nitrogen and oxygen atoms in total. The van der Waals surface area contributed by atoms with E-state index >= 15 is 0 Å². The van der Waals surface area contributed by atoms with Gasteiger partial charge in [0.15, 0.2) is 11.5 Å². The maximum Gasteiger partial charge on any atom is 0.387 e. The van der Waals surface area contributed by atoms with Gasteiger partial charge in [-0.1, -0.05) is 18.9 Å². The van der Waals surface area contributed by atoms with Gasteiger partial charge >= 0.3 is 6.61 Å². The maximum atomic E-state index is 12.7. The van der Waals surface area contributed by atoms with E-state index in [1.165, 1.54) is 12.1 Å². The van der Waals surface area contributed by atoms with Crippen molar-refractivity contribution in [2.75, 3.05) is 4.90 Å². The van der Waals surface area contributed by atoms with E-state index in [-0.39, 0.29) is 11.7 Å². The normalized spacial score (nSPS) is 10.6. The summed E-state index contributed by atoms with van der Waals surface area (Å²) in [4.78, 5) is 17.6. The molecular formula is C20H17F2N3O3S. The van der Waals surface area contributed by atoms with Crippen LogP contribution in [0.5, 0.6) is 11.5 Å². The van der Waals surface area contributed by atoms with E-state index in [9.17, 15) is 18.7 Å². The number of anilines is 2. The van der Waals surface area contributed by atoms with Gasteiger partial charge in [0.25, 0.3) is 5.91 Å². The van der Waals surface area contributed by atoms with E-state index in [4.69, 9.17) is 0 Å². The van der Waals surface area contributed by atoms with E-state index in [1.54, 1.807) is 48.8 Å². The fourth-order valence-electron chi connectivity index (χ4n) is 2.72. The summed E-state index contributed by atoms with van der Waals surface area (Å²) in [5, 5.41) is 9.81. The number of phenols is 1. The topological polar surface area (TPSA) is 74.7 Å². The quantitative estimate of drug-likeness (QED) is 0.500. The van der Waals surface area contributed by atoms with Gasteiger partial charge in [-0.25, -0.2) is 0 Å². The molecule has 0 atom stereocenters. The number of carbonyl (C=O) groups is 1. The Labute approximate surface area is 171 Å². The number of benzene rings is 2. The number of nitrogens with one attached hydrogen (secondary N) is 1. The number of hydrogen-bond donors (Lipinski definition) is 3. The number of hydrogen-bond acceptors (Lipinski definition) is 6. The number of alkyl halides is 2. The number of rotatable bonds is 7. The summed E-state index contributed by atoms with van der Waals surface area (Å²) in [6, 6.07) is 14.5. The number of carbonyl (C=O) groups excluding carboxylic acids is 1. The van der Waals surface area contributed by atoms with E-state index in [0.717, 1.165) is 5.56 Å². The summed E-state index contributed by atoms with van der Waals surface area (Å²) in [7, 11) is 0. The van der Waals surface area contributed by atoms with E-state index < -0.39 is 12.4 Å². The first kappa shape index (κ1) is 20.4. The van der Waals surface area contributed by atoms with Crippen molar-refractivity contribution in [1.82, 2.24) is 9.71 Å². The number of amides is 1. The van der Waals surface area contributed by atoms with Crippen molar-refractivity contribution in [3.8, 4) is 11.5 Å². The highest BCUT2D eigenvalue weighted by molar-refractivity contribution is 7.78. The number of ether oxygens (including phenoxy) is 1. The van der Waals surface area contributed by atoms with Crippen molar-refractivity contribution in [2.24, 2.45) is 0 Å². The molecule has 0 saturated heterocycles. The molecule has 29 heavy (non-hydrogen) atoms. The van der Waals surface area contributed by atoms with Crippen LogP contribution in [0, 0.1) is 0 Å². The first-order valence-corrected chi connectivity index (χ1v) is 8.91. The van der Waals surface area contributed by atoms with Crippen molar-refractivity contribution in [1.29, 1.82) is 0 Å². The minimum Gasteiger partial charge on any atom is -0.504 e. The van der Waals surface area contributed by atoms with Gasteiger partial charge in [0.05, 0.1) is 0 Å². The lowest BCUT2D eigenvalue weighted by atomic mass is 10.1. The minimum atomic E-state index is -3.07. The number of aromatic hydroxyl groups is 1. The molecule has 3 rings (SSSR count). The summed E-state index contributed by atoms with van der Waals surface area (Å²) < 4.78 is 32.0. The Bertz CT molecular complexity index is 972. The molecule has 0 aliphatic carbocycles. The molecule has 0 unspecified atom stereocenters. The third-order valence-electron chi connectivity index (χ3n) is 4.08. The summed E-state index contributed by atoms with van der Waals surface area (Å²) >= 11 is 3.75. The van der Waals surface area contributed by atoms with E-state index in [2.05, 4.69) is 27.3 Å². The van der Waals surface area contributed by atoms with Crippen LogP contribution in [0.25, 0.3) is 0 Å². The van der Waals surface area contributed by atoms with Crippen LogP contribution in [-0.4, -0.2) is 22.6 Å². The second-order valence-electron chi connectivity index (χ2n) is 5.97. The lowest BCUT2D eigenvalue weighted by Crippen LogP contribution is -2.17. The number of thiol groups is 1. The first-order valence-electron chi connectivity index (χ1n) is 8.46. The zero-order valence-electron chi connectivity index (χ0n) is 15.0. The van der Waals surface area contributed by atoms with Gasteiger partial charge in [0.2, 0.25) is 0 Å². The molecular weight excluding hydrogens is 400 g/mol. The zero-order chi connectivity index (χ0) is 20.8. The average Bonchev–Trinajstić information content (AvgIpc) is 2.74. The maximum absolute atomic E-state index is 12.7. The molecule has 3 aromatic rings. The van der Waals surface area contributed by atoms with Crippen molar-refractivity contribution >= 4 is 30.1 Å². The summed E-state index contributed by atoms with van der Waals surface area (Å²) in [5.41, 5.74) is 2.48. The highest BCUT2D eigenvalue weighted by atomic mass is 32.1. The van der Waals surface area contributed by atoms with Crippen molar-refractivity contribution < 1.29 is 23.4 Å². The third-order valence-corrected chi connectivity index (χ3v) is 4.28. The molecule has 2 N–H and O–H groups in total. The van der Waals surface area contributed by atoms with Gasteiger partial charge in [0.1, 0.15) is 0 Å². The van der Waals surface area contributed by atoms with Gasteiger partial charge < -0.3 is 14.7 Å². The first-order chi connectivity index (χ1) is 14.0. The van der Waals surface area contributed by atoms with Gasteiger partial charge in [0, 0.05) is 41.9 Å². The van der Waals surface area contributed by atoms with E-state index in [1.807, 2.05) is 11.0 Å². The largest absolute Gasteiger partial charge is 0.504 e. The molecule has 1 amide bonds. The Morgan fingerprint density at radius 2 is 1.90 bits per heavy atom. The molecule has 0 saturated carbocycles. The van der Waals surface area contributed by atoms with Crippen molar-refractivity contribution in [2.45, 2.75) is 13.2 Å². The minimum absolute atomic E-state index is 0.334. The standard InChI is InChI=1S/C20H17F2N3O3S/c21-20(22)28-18-10-16(7-8-17(18)26)25(12-13-2-1-9-23-11-13)15-5-3-14(4-6-15)19(27)24-29/h1-11,20,26,29H,12H2,(H,24,27). The molecule has 0 radical (unpaired) electrons. The lowest BCUT2D eigenvalue weighted by molar-refractivity contribution is -0.0512. The number of pyridine rings is 1. The second-order valence-corrected chi connectivity index (χ2v) is 6.19. The van der Waals surface area contributed by atoms with Crippen LogP contribution in [0.2, 0.25) is 0 Å². The molecule has 0 aliphatic rings. The van der Waals surface area contributed by atoms with Gasteiger partial charge in [-0.2, -0.15) is 8.78 Å². The molecule has 150 valence electrons. The predicted molar refractivity (Wildman–Crippen MR) is 108 cm³/mol. The molecule has 0 spiro atoms. The SMILES string of the molecule is O=C(NS)c1ccc(N(Cc2cccnc2)c2ccc(O)c(OC(F)F)c2)cc1. The number of halogens is 2. The highest BCUT2D eigenvalue weighted by Crippen LogP contribution is 2.36. The summed E-state index contributed by atoms with van der Waals surface area (Å²) in [5.74, 6) is -1.08. The molecule has 0 fully saturated rings. The number of nitrogens with zero attached hydrogens (tertiary/aromatic N) is 2. The number of phenolic OH excluding ortho intramolecular Hbond substituents is 1. The fraction of sp³-hybridized carbons (Fsp3) is 0.100. The Morgan fingerprint density at radius 3 is 2.52 bits per heavy atom. The Kier molecular flexibility index (Phi) is 6.50. The Hall–Kier alpha value is -3.33. The van der Waals surface area contributed by atoms with Crippen molar-refractivity contribution in [3.63, 3.8) is 0 Å². The van der Waals surface area contributed by atoms with E-state index in [0.29, 0.717) is 23.5 Å². The van der Waals surface area contributed by atoms with Crippen LogP contribution in [0.1, 0.15) is 15.9 Å². The molecule has 1 aromatic heterocycles. The van der Waals surface area contributed by atoms with Crippen LogP contribution >= 0.6 is 12.8 Å². The summed E-state index contributed by atoms with van der Waals surface area (Å²) in [6.45, 7) is -2.70. The summed E-state index contributed by atoms with van der Waals surface area (Å²) in [6.07, 6.45) is 3.33. The van der Waals surface area contributed by atoms with Crippen LogP contribution in [-0.2, 0) is 6.54 Å². The van der Waals surface area contributed by atoms with Gasteiger partial charge in [-0.05, 0) is 48.0 Å². The molecule has 0 aliphatic heterocycles. The fourth-order valence-corrected chi connectivity index (χ4v) is 2.85. The molecule has 1 heterocycles. The van der Waals surface area contributed by atoms with Crippen molar-refractivity contribution in [3.05, 3.63) is 78.1 Å². The zero-order valence-corrected chi connectivity index (χ0v) is 15.9. The van der Waals surface area contributed by atoms with Crippen LogP contribution in [0.4, 0.5) is 20.2 Å². The second kappa shape index (κ2) is 9.24. The molecule has 2 aromatic carbocycles. The van der Waals surface area contributed by atoms with Gasteiger partial charge in [-0.3, -0.25) is 14.5 Å². The van der Waals surface area contributed by atoms with Crippen LogP contribution in [0.3, 0.4) is 0 Å². The highest BCUT2D eigenvalue weighted by Gasteiger charge is 2.16. The van der Waals surface area contributed by atoms with Gasteiger partial charge in [-0.15, -0.1) is 0 Å². The van der Waals surface area contributed by atoms with Crippen LogP contribution < -0.4 is 14.4 Å². The smallest absolute Gasteiger partial charge is 0.387 e. The van der Waals surface area contributed by atoms with Crippen LogP contribution in [0.15, 0.2) is 67.0 Å². The third kappa shape index (κ3) is 5.14. The molecule has 0 bridgehead atoms. The predicted octanol–water partition coefficient (Wildman–Crippen LogP) is 4.30.